The standard InChI is InChI=1S/C18H15ClN2O4/c1-4-7-21-17(23)12(9-20)10(2)15(18(21)24)16(22)11-5-6-14(25-3)13(19)8-11/h4-6,8,24H,1,7H2,2-3H3. The van der Waals surface area contributed by atoms with Crippen LogP contribution in [-0.2, 0) is 6.54 Å². The summed E-state index contributed by atoms with van der Waals surface area (Å²) < 4.78 is 5.97. The Labute approximate surface area is 149 Å². The van der Waals surface area contributed by atoms with Gasteiger partial charge in [0.25, 0.3) is 5.56 Å². The molecule has 25 heavy (non-hydrogen) atoms. The highest BCUT2D eigenvalue weighted by Crippen LogP contribution is 2.29. The quantitative estimate of drug-likeness (QED) is 0.655. The van der Waals surface area contributed by atoms with Crippen LogP contribution in [0.3, 0.4) is 0 Å². The van der Waals surface area contributed by atoms with Crippen molar-refractivity contribution >= 4 is 17.4 Å². The first-order valence-corrected chi connectivity index (χ1v) is 7.60. The molecule has 1 N–H and O–H groups in total. The molecule has 0 radical (unpaired) electrons. The van der Waals surface area contributed by atoms with E-state index in [0.29, 0.717) is 5.75 Å². The Morgan fingerprint density at radius 2 is 2.20 bits per heavy atom. The summed E-state index contributed by atoms with van der Waals surface area (Å²) in [6, 6.07) is 6.20. The maximum Gasteiger partial charge on any atom is 0.271 e. The highest BCUT2D eigenvalue weighted by molar-refractivity contribution is 6.32. The van der Waals surface area contributed by atoms with Crippen LogP contribution in [0.15, 0.2) is 35.6 Å². The molecule has 7 heteroatoms. The summed E-state index contributed by atoms with van der Waals surface area (Å²) in [5.74, 6) is -0.680. The molecule has 0 aliphatic carbocycles. The van der Waals surface area contributed by atoms with E-state index in [1.807, 2.05) is 0 Å². The molecule has 0 amide bonds. The number of carbonyl (C=O) groups excluding carboxylic acids is 1. The van der Waals surface area contributed by atoms with Gasteiger partial charge in [0.2, 0.25) is 5.88 Å². The lowest BCUT2D eigenvalue weighted by atomic mass is 9.97. The van der Waals surface area contributed by atoms with E-state index in [4.69, 9.17) is 16.3 Å². The van der Waals surface area contributed by atoms with Gasteiger partial charge in [-0.1, -0.05) is 17.7 Å². The van der Waals surface area contributed by atoms with E-state index in [0.717, 1.165) is 4.57 Å². The average Bonchev–Trinajstić information content (AvgIpc) is 2.59. The van der Waals surface area contributed by atoms with E-state index < -0.39 is 17.2 Å². The van der Waals surface area contributed by atoms with Gasteiger partial charge < -0.3 is 9.84 Å². The number of pyridine rings is 1. The van der Waals surface area contributed by atoms with Crippen molar-refractivity contribution in [1.82, 2.24) is 4.57 Å². The number of halogens is 1. The van der Waals surface area contributed by atoms with Crippen LogP contribution in [0.5, 0.6) is 11.6 Å². The Kier molecular flexibility index (Phi) is 5.30. The summed E-state index contributed by atoms with van der Waals surface area (Å²) in [5.41, 5.74) is -0.706. The summed E-state index contributed by atoms with van der Waals surface area (Å²) in [7, 11) is 1.45. The van der Waals surface area contributed by atoms with Crippen molar-refractivity contribution in [3.05, 3.63) is 68.5 Å². The van der Waals surface area contributed by atoms with Crippen LogP contribution in [0.4, 0.5) is 0 Å². The Morgan fingerprint density at radius 1 is 1.52 bits per heavy atom. The fourth-order valence-corrected chi connectivity index (χ4v) is 2.73. The van der Waals surface area contributed by atoms with Crippen molar-refractivity contribution in [3.63, 3.8) is 0 Å². The van der Waals surface area contributed by atoms with E-state index >= 15 is 0 Å². The van der Waals surface area contributed by atoms with Gasteiger partial charge in [0.05, 0.1) is 17.7 Å². The van der Waals surface area contributed by atoms with Gasteiger partial charge in [0, 0.05) is 12.1 Å². The average molecular weight is 359 g/mol. The lowest BCUT2D eigenvalue weighted by molar-refractivity contribution is 0.103. The minimum Gasteiger partial charge on any atom is -0.495 e. The van der Waals surface area contributed by atoms with Crippen LogP contribution in [0, 0.1) is 18.3 Å². The number of methoxy groups -OCH3 is 1. The summed E-state index contributed by atoms with van der Waals surface area (Å²) in [6.07, 6.45) is 1.39. The van der Waals surface area contributed by atoms with Crippen LogP contribution in [0.2, 0.25) is 5.02 Å². The highest BCUT2D eigenvalue weighted by Gasteiger charge is 2.25. The van der Waals surface area contributed by atoms with Gasteiger partial charge in [-0.2, -0.15) is 5.26 Å². The van der Waals surface area contributed by atoms with Gasteiger partial charge >= 0.3 is 0 Å². The van der Waals surface area contributed by atoms with E-state index in [1.165, 1.54) is 38.3 Å². The minimum absolute atomic E-state index is 0.0384. The number of allylic oxidation sites excluding steroid dienone is 1. The van der Waals surface area contributed by atoms with Crippen LogP contribution in [-0.4, -0.2) is 22.6 Å². The second-order valence-electron chi connectivity index (χ2n) is 5.19. The first-order chi connectivity index (χ1) is 11.9. The normalized spacial score (nSPS) is 10.2. The van der Waals surface area contributed by atoms with Gasteiger partial charge in [0.15, 0.2) is 5.78 Å². The van der Waals surface area contributed by atoms with E-state index in [2.05, 4.69) is 6.58 Å². The number of hydrogen-bond donors (Lipinski definition) is 1. The number of ketones is 1. The zero-order valence-electron chi connectivity index (χ0n) is 13.7. The molecule has 128 valence electrons. The predicted octanol–water partition coefficient (Wildman–Crippen LogP) is 2.81. The molecular formula is C18H15ClN2O4. The summed E-state index contributed by atoms with van der Waals surface area (Å²) in [5, 5.41) is 19.9. The summed E-state index contributed by atoms with van der Waals surface area (Å²) >= 11 is 6.04. The van der Waals surface area contributed by atoms with Crippen LogP contribution < -0.4 is 10.3 Å². The van der Waals surface area contributed by atoms with E-state index in [-0.39, 0.29) is 33.8 Å². The fourth-order valence-electron chi connectivity index (χ4n) is 2.47. The fraction of sp³-hybridized carbons (Fsp3) is 0.167. The Balaban J connectivity index is 2.74. The Hall–Kier alpha value is -3.04. The largest absolute Gasteiger partial charge is 0.495 e. The van der Waals surface area contributed by atoms with Crippen molar-refractivity contribution in [2.75, 3.05) is 7.11 Å². The molecule has 6 nitrogen and oxygen atoms in total. The van der Waals surface area contributed by atoms with Gasteiger partial charge in [-0.05, 0) is 30.7 Å². The molecule has 0 saturated carbocycles. The molecule has 0 saturated heterocycles. The number of hydrogen-bond acceptors (Lipinski definition) is 5. The maximum absolute atomic E-state index is 12.9. The van der Waals surface area contributed by atoms with Crippen molar-refractivity contribution in [3.8, 4) is 17.7 Å². The molecule has 1 aromatic carbocycles. The smallest absolute Gasteiger partial charge is 0.271 e. The zero-order chi connectivity index (χ0) is 18.7. The number of nitrogens with zero attached hydrogens (tertiary/aromatic N) is 2. The summed E-state index contributed by atoms with van der Waals surface area (Å²) in [4.78, 5) is 25.1. The van der Waals surface area contributed by atoms with Gasteiger partial charge in [-0.25, -0.2) is 0 Å². The second-order valence-corrected chi connectivity index (χ2v) is 5.60. The summed E-state index contributed by atoms with van der Waals surface area (Å²) in [6.45, 7) is 4.91. The molecular weight excluding hydrogens is 344 g/mol. The third-order valence-electron chi connectivity index (χ3n) is 3.75. The number of aromatic hydroxyl groups is 1. The Morgan fingerprint density at radius 3 is 2.72 bits per heavy atom. The predicted molar refractivity (Wildman–Crippen MR) is 93.5 cm³/mol. The highest BCUT2D eigenvalue weighted by atomic mass is 35.5. The first kappa shape index (κ1) is 18.3. The monoisotopic (exact) mass is 358 g/mol. The van der Waals surface area contributed by atoms with Crippen molar-refractivity contribution in [1.29, 1.82) is 5.26 Å². The molecule has 2 aromatic rings. The van der Waals surface area contributed by atoms with Gasteiger partial charge in [-0.15, -0.1) is 6.58 Å². The molecule has 0 atom stereocenters. The molecule has 0 bridgehead atoms. The first-order valence-electron chi connectivity index (χ1n) is 7.22. The molecule has 0 aliphatic heterocycles. The number of ether oxygens (including phenoxy) is 1. The van der Waals surface area contributed by atoms with Crippen molar-refractivity contribution in [2.45, 2.75) is 13.5 Å². The third kappa shape index (κ3) is 3.14. The van der Waals surface area contributed by atoms with Crippen molar-refractivity contribution < 1.29 is 14.6 Å². The van der Waals surface area contributed by atoms with Gasteiger partial charge in [-0.3, -0.25) is 14.2 Å². The van der Waals surface area contributed by atoms with E-state index in [1.54, 1.807) is 6.07 Å². The molecule has 1 heterocycles. The van der Waals surface area contributed by atoms with Crippen molar-refractivity contribution in [2.24, 2.45) is 0 Å². The molecule has 0 aliphatic rings. The number of rotatable bonds is 5. The SMILES string of the molecule is C=CCn1c(O)c(C(=O)c2ccc(OC)c(Cl)c2)c(C)c(C#N)c1=O. The third-order valence-corrected chi connectivity index (χ3v) is 4.05. The number of aromatic nitrogens is 1. The lowest BCUT2D eigenvalue weighted by Gasteiger charge is -2.14. The number of carbonyl (C=O) groups is 1. The number of nitriles is 1. The number of benzene rings is 1. The molecule has 0 unspecified atom stereocenters. The molecule has 0 spiro atoms. The van der Waals surface area contributed by atoms with Crippen LogP contribution in [0.25, 0.3) is 0 Å². The molecule has 2 rings (SSSR count). The Bertz CT molecular complexity index is 971. The maximum atomic E-state index is 12.9. The zero-order valence-corrected chi connectivity index (χ0v) is 14.4. The second kappa shape index (κ2) is 7.24. The minimum atomic E-state index is -0.679. The van der Waals surface area contributed by atoms with Crippen LogP contribution in [0.1, 0.15) is 27.0 Å². The molecule has 1 aromatic heterocycles. The lowest BCUT2D eigenvalue weighted by Crippen LogP contribution is -2.26. The topological polar surface area (TPSA) is 92.3 Å². The van der Waals surface area contributed by atoms with Crippen LogP contribution >= 0.6 is 11.6 Å². The van der Waals surface area contributed by atoms with E-state index in [9.17, 15) is 20.0 Å². The van der Waals surface area contributed by atoms with Gasteiger partial charge in [0.1, 0.15) is 17.4 Å². The molecule has 0 fully saturated rings.